The minimum absolute atomic E-state index is 0.00343. The van der Waals surface area contributed by atoms with Gasteiger partial charge in [-0.2, -0.15) is 13.2 Å². The van der Waals surface area contributed by atoms with E-state index in [4.69, 9.17) is 10.5 Å². The molecular weight excluding hydrogens is 281 g/mol. The second-order valence-corrected chi connectivity index (χ2v) is 4.68. The third-order valence-electron chi connectivity index (χ3n) is 2.94. The van der Waals surface area contributed by atoms with Crippen LogP contribution >= 0.6 is 0 Å². The predicted molar refractivity (Wildman–Crippen MR) is 72.7 cm³/mol. The van der Waals surface area contributed by atoms with Crippen molar-refractivity contribution in [3.8, 4) is 5.75 Å². The summed E-state index contributed by atoms with van der Waals surface area (Å²) in [7, 11) is 0. The van der Waals surface area contributed by atoms with E-state index in [-0.39, 0.29) is 17.4 Å². The Balaban J connectivity index is 2.30. The Morgan fingerprint density at radius 1 is 1.10 bits per heavy atom. The largest absolute Gasteiger partial charge is 0.476 e. The molecule has 2 N–H and O–H groups in total. The quantitative estimate of drug-likeness (QED) is 0.934. The summed E-state index contributed by atoms with van der Waals surface area (Å²) in [5, 5.41) is 0. The van der Waals surface area contributed by atoms with Gasteiger partial charge in [0.1, 0.15) is 5.75 Å². The van der Waals surface area contributed by atoms with Crippen LogP contribution in [0.2, 0.25) is 0 Å². The molecule has 112 valence electrons. The molecule has 0 aliphatic rings. The zero-order valence-electron chi connectivity index (χ0n) is 11.3. The van der Waals surface area contributed by atoms with Crippen molar-refractivity contribution >= 4 is 0 Å². The fraction of sp³-hybridized carbons (Fsp3) is 0.267. The molecule has 0 spiro atoms. The Morgan fingerprint density at radius 2 is 1.76 bits per heavy atom. The molecular formula is C15H15F3N2O. The van der Waals surface area contributed by atoms with Gasteiger partial charge in [-0.15, -0.1) is 0 Å². The summed E-state index contributed by atoms with van der Waals surface area (Å²) in [5.74, 6) is 0.129. The monoisotopic (exact) mass is 296 g/mol. The molecule has 0 saturated carbocycles. The minimum Gasteiger partial charge on any atom is -0.476 e. The summed E-state index contributed by atoms with van der Waals surface area (Å²) >= 11 is 0. The van der Waals surface area contributed by atoms with Gasteiger partial charge in [0.25, 0.3) is 0 Å². The van der Waals surface area contributed by atoms with Crippen LogP contribution in [0.25, 0.3) is 0 Å². The molecule has 2 atom stereocenters. The summed E-state index contributed by atoms with van der Waals surface area (Å²) in [6, 6.07) is 8.65. The fourth-order valence-electron chi connectivity index (χ4n) is 1.87. The second kappa shape index (κ2) is 6.13. The molecule has 1 aromatic carbocycles. The van der Waals surface area contributed by atoms with Gasteiger partial charge in [0, 0.05) is 24.0 Å². The molecule has 2 rings (SSSR count). The first-order valence-corrected chi connectivity index (χ1v) is 6.37. The Hall–Kier alpha value is -2.08. The molecule has 0 bridgehead atoms. The Bertz CT molecular complexity index is 585. The van der Waals surface area contributed by atoms with Gasteiger partial charge in [0.2, 0.25) is 6.10 Å². The van der Waals surface area contributed by atoms with E-state index in [0.717, 1.165) is 0 Å². The lowest BCUT2D eigenvalue weighted by molar-refractivity contribution is -0.198. The molecule has 1 aromatic heterocycles. The first-order chi connectivity index (χ1) is 9.88. The van der Waals surface area contributed by atoms with Gasteiger partial charge in [0.15, 0.2) is 0 Å². The summed E-state index contributed by atoms with van der Waals surface area (Å²) in [6.45, 7) is 1.75. The SMILES string of the molecule is CC(N)c1cccc(OC(c2ccncc2)C(F)(F)F)c1. The highest BCUT2D eigenvalue weighted by Gasteiger charge is 2.43. The van der Waals surface area contributed by atoms with Crippen molar-refractivity contribution in [3.05, 3.63) is 59.9 Å². The fourth-order valence-corrected chi connectivity index (χ4v) is 1.87. The van der Waals surface area contributed by atoms with Gasteiger partial charge in [-0.05, 0) is 36.8 Å². The molecule has 3 nitrogen and oxygen atoms in total. The van der Waals surface area contributed by atoms with Crippen molar-refractivity contribution in [2.24, 2.45) is 5.73 Å². The van der Waals surface area contributed by atoms with Crippen LogP contribution in [0, 0.1) is 0 Å². The van der Waals surface area contributed by atoms with Crippen LogP contribution in [-0.2, 0) is 0 Å². The average molecular weight is 296 g/mol. The highest BCUT2D eigenvalue weighted by Crippen LogP contribution is 2.36. The van der Waals surface area contributed by atoms with Crippen molar-refractivity contribution < 1.29 is 17.9 Å². The lowest BCUT2D eigenvalue weighted by atomic mass is 10.1. The summed E-state index contributed by atoms with van der Waals surface area (Å²) in [6.07, 6.45) is -3.96. The number of halogens is 3. The van der Waals surface area contributed by atoms with Crippen LogP contribution in [0.3, 0.4) is 0 Å². The maximum absolute atomic E-state index is 13.2. The van der Waals surface area contributed by atoms with Gasteiger partial charge in [0.05, 0.1) is 0 Å². The lowest BCUT2D eigenvalue weighted by Crippen LogP contribution is -2.26. The Kier molecular flexibility index (Phi) is 4.47. The Labute approximate surface area is 120 Å². The number of ether oxygens (including phenoxy) is 1. The van der Waals surface area contributed by atoms with E-state index in [2.05, 4.69) is 4.98 Å². The number of hydrogen-bond acceptors (Lipinski definition) is 3. The van der Waals surface area contributed by atoms with Crippen LogP contribution in [0.5, 0.6) is 5.75 Å². The standard InChI is InChI=1S/C15H15F3N2O/c1-10(19)12-3-2-4-13(9-12)21-14(15(16,17)18)11-5-7-20-8-6-11/h2-10,14H,19H2,1H3. The van der Waals surface area contributed by atoms with E-state index in [1.165, 1.54) is 36.7 Å². The van der Waals surface area contributed by atoms with Gasteiger partial charge in [-0.25, -0.2) is 0 Å². The van der Waals surface area contributed by atoms with E-state index in [0.29, 0.717) is 5.56 Å². The van der Waals surface area contributed by atoms with E-state index in [1.807, 2.05) is 0 Å². The normalized spacial score (nSPS) is 14.5. The van der Waals surface area contributed by atoms with Crippen LogP contribution in [0.1, 0.15) is 30.2 Å². The molecule has 0 fully saturated rings. The van der Waals surface area contributed by atoms with Crippen molar-refractivity contribution in [2.45, 2.75) is 25.2 Å². The zero-order valence-corrected chi connectivity index (χ0v) is 11.3. The summed E-state index contributed by atoms with van der Waals surface area (Å²) in [4.78, 5) is 3.71. The van der Waals surface area contributed by atoms with Gasteiger partial charge in [-0.3, -0.25) is 4.98 Å². The molecule has 21 heavy (non-hydrogen) atoms. The molecule has 1 heterocycles. The average Bonchev–Trinajstić information content (AvgIpc) is 2.45. The number of benzene rings is 1. The maximum atomic E-state index is 13.2. The zero-order chi connectivity index (χ0) is 15.5. The van der Waals surface area contributed by atoms with Crippen LogP contribution in [0.4, 0.5) is 13.2 Å². The highest BCUT2D eigenvalue weighted by molar-refractivity contribution is 5.31. The highest BCUT2D eigenvalue weighted by atomic mass is 19.4. The number of nitrogens with two attached hydrogens (primary N) is 1. The third-order valence-corrected chi connectivity index (χ3v) is 2.94. The van der Waals surface area contributed by atoms with Crippen LogP contribution < -0.4 is 10.5 Å². The van der Waals surface area contributed by atoms with Crippen LogP contribution in [0.15, 0.2) is 48.8 Å². The lowest BCUT2D eigenvalue weighted by Gasteiger charge is -2.22. The number of hydrogen-bond donors (Lipinski definition) is 1. The second-order valence-electron chi connectivity index (χ2n) is 4.68. The summed E-state index contributed by atoms with van der Waals surface area (Å²) in [5.41, 5.74) is 6.44. The molecule has 6 heteroatoms. The van der Waals surface area contributed by atoms with E-state index in [1.54, 1.807) is 19.1 Å². The van der Waals surface area contributed by atoms with Crippen molar-refractivity contribution in [1.29, 1.82) is 0 Å². The van der Waals surface area contributed by atoms with E-state index in [9.17, 15) is 13.2 Å². The molecule has 0 aliphatic heterocycles. The molecule has 0 saturated heterocycles. The van der Waals surface area contributed by atoms with Gasteiger partial charge in [-0.1, -0.05) is 12.1 Å². The maximum Gasteiger partial charge on any atom is 0.429 e. The van der Waals surface area contributed by atoms with E-state index < -0.39 is 12.3 Å². The third kappa shape index (κ3) is 3.95. The molecule has 0 radical (unpaired) electrons. The number of pyridine rings is 1. The predicted octanol–water partition coefficient (Wildman–Crippen LogP) is 3.78. The van der Waals surface area contributed by atoms with E-state index >= 15 is 0 Å². The first kappa shape index (κ1) is 15.3. The van der Waals surface area contributed by atoms with Crippen molar-refractivity contribution in [1.82, 2.24) is 4.98 Å². The Morgan fingerprint density at radius 3 is 2.33 bits per heavy atom. The number of rotatable bonds is 4. The van der Waals surface area contributed by atoms with Crippen LogP contribution in [-0.4, -0.2) is 11.2 Å². The number of alkyl halides is 3. The first-order valence-electron chi connectivity index (χ1n) is 6.37. The molecule has 0 amide bonds. The smallest absolute Gasteiger partial charge is 0.429 e. The van der Waals surface area contributed by atoms with Crippen molar-refractivity contribution in [3.63, 3.8) is 0 Å². The molecule has 2 unspecified atom stereocenters. The van der Waals surface area contributed by atoms with Gasteiger partial charge >= 0.3 is 6.18 Å². The summed E-state index contributed by atoms with van der Waals surface area (Å²) < 4.78 is 44.7. The molecule has 2 aromatic rings. The topological polar surface area (TPSA) is 48.1 Å². The van der Waals surface area contributed by atoms with Gasteiger partial charge < -0.3 is 10.5 Å². The minimum atomic E-state index is -4.52. The molecule has 0 aliphatic carbocycles. The number of aromatic nitrogens is 1. The van der Waals surface area contributed by atoms with Crippen molar-refractivity contribution in [2.75, 3.05) is 0 Å². The number of nitrogens with zero attached hydrogens (tertiary/aromatic N) is 1.